The van der Waals surface area contributed by atoms with E-state index in [0.717, 1.165) is 43.3 Å². The zero-order valence-corrected chi connectivity index (χ0v) is 20.3. The Morgan fingerprint density at radius 1 is 0.909 bits per heavy atom. The van der Waals surface area contributed by atoms with Crippen LogP contribution in [0.5, 0.6) is 11.5 Å². The fraction of sp³-hybridized carbons (Fsp3) is 0.500. The van der Waals surface area contributed by atoms with Crippen molar-refractivity contribution in [3.05, 3.63) is 72.3 Å². The molecule has 178 valence electrons. The minimum atomic E-state index is -0.343. The summed E-state index contributed by atoms with van der Waals surface area (Å²) >= 11 is 0. The molecule has 1 fully saturated rings. The molecule has 0 unspecified atom stereocenters. The summed E-state index contributed by atoms with van der Waals surface area (Å²) in [5, 5.41) is 0. The molecule has 0 heterocycles. The zero-order valence-electron chi connectivity index (χ0n) is 20.3. The third-order valence-corrected chi connectivity index (χ3v) is 6.80. The second-order valence-corrected chi connectivity index (χ2v) is 9.40. The van der Waals surface area contributed by atoms with E-state index in [2.05, 4.69) is 25.6 Å². The lowest BCUT2D eigenvalue weighted by atomic mass is 9.78. The van der Waals surface area contributed by atoms with Gasteiger partial charge < -0.3 is 9.47 Å². The summed E-state index contributed by atoms with van der Waals surface area (Å²) < 4.78 is 11.3. The first-order valence-electron chi connectivity index (χ1n) is 12.8. The molecule has 0 aliphatic heterocycles. The van der Waals surface area contributed by atoms with E-state index < -0.39 is 0 Å². The van der Waals surface area contributed by atoms with Crippen LogP contribution >= 0.6 is 0 Å². The predicted molar refractivity (Wildman–Crippen MR) is 136 cm³/mol. The molecule has 3 heteroatoms. The molecule has 0 amide bonds. The highest BCUT2D eigenvalue weighted by molar-refractivity contribution is 5.91. The van der Waals surface area contributed by atoms with E-state index in [1.165, 1.54) is 50.5 Å². The van der Waals surface area contributed by atoms with Crippen molar-refractivity contribution in [1.29, 1.82) is 0 Å². The van der Waals surface area contributed by atoms with Crippen molar-refractivity contribution in [2.45, 2.75) is 77.6 Å². The van der Waals surface area contributed by atoms with Gasteiger partial charge in [-0.25, -0.2) is 4.79 Å². The van der Waals surface area contributed by atoms with Gasteiger partial charge in [0.2, 0.25) is 0 Å². The summed E-state index contributed by atoms with van der Waals surface area (Å²) in [5.41, 5.74) is 1.84. The normalized spacial score (nSPS) is 18.0. The first-order valence-corrected chi connectivity index (χ1v) is 12.8. The molecule has 33 heavy (non-hydrogen) atoms. The van der Waals surface area contributed by atoms with Gasteiger partial charge in [0, 0.05) is 0 Å². The topological polar surface area (TPSA) is 35.5 Å². The van der Waals surface area contributed by atoms with E-state index in [0.29, 0.717) is 17.9 Å². The second kappa shape index (κ2) is 13.9. The molecule has 0 saturated heterocycles. The van der Waals surface area contributed by atoms with Crippen LogP contribution in [0.2, 0.25) is 0 Å². The third kappa shape index (κ3) is 8.72. The molecule has 0 radical (unpaired) electrons. The minimum absolute atomic E-state index is 0.343. The fourth-order valence-electron chi connectivity index (χ4n) is 4.75. The summed E-state index contributed by atoms with van der Waals surface area (Å²) in [7, 11) is 0. The number of hydrogen-bond acceptors (Lipinski definition) is 3. The number of rotatable bonds is 13. The monoisotopic (exact) mass is 448 g/mol. The molecule has 2 aromatic carbocycles. The van der Waals surface area contributed by atoms with Crippen molar-refractivity contribution in [1.82, 2.24) is 0 Å². The Balaban J connectivity index is 1.39. The molecule has 0 aromatic heterocycles. The van der Waals surface area contributed by atoms with Crippen LogP contribution < -0.4 is 9.47 Å². The number of allylic oxidation sites excluding steroid dienone is 1. The molecule has 1 aliphatic carbocycles. The van der Waals surface area contributed by atoms with E-state index in [1.54, 1.807) is 12.1 Å². The largest absolute Gasteiger partial charge is 0.494 e. The first-order chi connectivity index (χ1) is 16.2. The Hall–Kier alpha value is -2.55. The molecule has 0 N–H and O–H groups in total. The van der Waals surface area contributed by atoms with Crippen LogP contribution in [0.1, 0.15) is 87.1 Å². The Morgan fingerprint density at radius 3 is 2.18 bits per heavy atom. The van der Waals surface area contributed by atoms with Gasteiger partial charge in [-0.15, -0.1) is 6.58 Å². The quantitative estimate of drug-likeness (QED) is 0.134. The number of benzene rings is 2. The van der Waals surface area contributed by atoms with Gasteiger partial charge in [0.15, 0.2) is 0 Å². The third-order valence-electron chi connectivity index (χ3n) is 6.80. The molecule has 3 rings (SSSR count). The van der Waals surface area contributed by atoms with Crippen molar-refractivity contribution in [3.63, 3.8) is 0 Å². The first kappa shape index (κ1) is 25.1. The second-order valence-electron chi connectivity index (χ2n) is 9.40. The lowest BCUT2D eigenvalue weighted by molar-refractivity contribution is 0.0734. The van der Waals surface area contributed by atoms with Crippen LogP contribution in [0.4, 0.5) is 0 Å². The van der Waals surface area contributed by atoms with E-state index in [9.17, 15) is 4.79 Å². The number of carbonyl (C=O) groups is 1. The van der Waals surface area contributed by atoms with E-state index in [1.807, 2.05) is 30.3 Å². The summed E-state index contributed by atoms with van der Waals surface area (Å²) in [4.78, 5) is 12.5. The predicted octanol–water partition coefficient (Wildman–Crippen LogP) is 8.18. The van der Waals surface area contributed by atoms with Gasteiger partial charge in [-0.05, 0) is 85.9 Å². The van der Waals surface area contributed by atoms with Crippen molar-refractivity contribution < 1.29 is 14.3 Å². The summed E-state index contributed by atoms with van der Waals surface area (Å²) in [6, 6.07) is 15.2. The maximum atomic E-state index is 12.5. The molecule has 1 saturated carbocycles. The lowest BCUT2D eigenvalue weighted by Gasteiger charge is -2.28. The molecular formula is C30H40O3. The summed E-state index contributed by atoms with van der Waals surface area (Å²) in [6.45, 7) is 6.69. The van der Waals surface area contributed by atoms with Crippen molar-refractivity contribution in [2.75, 3.05) is 6.61 Å². The van der Waals surface area contributed by atoms with Crippen LogP contribution in [-0.4, -0.2) is 12.6 Å². The van der Waals surface area contributed by atoms with Crippen LogP contribution in [0, 0.1) is 11.8 Å². The fourth-order valence-corrected chi connectivity index (χ4v) is 4.75. The van der Waals surface area contributed by atoms with Crippen molar-refractivity contribution >= 4 is 5.97 Å². The molecular weight excluding hydrogens is 408 g/mol. The van der Waals surface area contributed by atoms with Gasteiger partial charge in [-0.2, -0.15) is 0 Å². The number of aryl methyl sites for hydroxylation is 1. The summed E-state index contributed by atoms with van der Waals surface area (Å²) in [5.74, 6) is 2.86. The van der Waals surface area contributed by atoms with Crippen LogP contribution in [0.3, 0.4) is 0 Å². The Kier molecular flexibility index (Phi) is 10.5. The number of hydrogen-bond donors (Lipinski definition) is 0. The van der Waals surface area contributed by atoms with Crippen molar-refractivity contribution in [3.8, 4) is 11.5 Å². The lowest BCUT2D eigenvalue weighted by Crippen LogP contribution is -2.15. The maximum Gasteiger partial charge on any atom is 0.343 e. The van der Waals surface area contributed by atoms with Gasteiger partial charge in [-0.1, -0.05) is 63.7 Å². The Labute approximate surface area is 200 Å². The number of unbranched alkanes of at least 4 members (excludes halogenated alkanes) is 2. The number of ether oxygens (including phenoxy) is 2. The Bertz CT molecular complexity index is 830. The molecule has 3 nitrogen and oxygen atoms in total. The van der Waals surface area contributed by atoms with E-state index in [4.69, 9.17) is 9.47 Å². The molecule has 2 aromatic rings. The molecule has 0 spiro atoms. The van der Waals surface area contributed by atoms with Gasteiger partial charge in [0.25, 0.3) is 0 Å². The van der Waals surface area contributed by atoms with Crippen molar-refractivity contribution in [2.24, 2.45) is 11.8 Å². The number of carbonyl (C=O) groups excluding carboxylic acids is 1. The van der Waals surface area contributed by atoms with E-state index in [-0.39, 0.29) is 5.97 Å². The van der Waals surface area contributed by atoms with Gasteiger partial charge in [0.05, 0.1) is 12.2 Å². The van der Waals surface area contributed by atoms with Crippen LogP contribution in [-0.2, 0) is 6.42 Å². The summed E-state index contributed by atoms with van der Waals surface area (Å²) in [6.07, 6.45) is 15.7. The average Bonchev–Trinajstić information content (AvgIpc) is 2.85. The van der Waals surface area contributed by atoms with Gasteiger partial charge in [-0.3, -0.25) is 0 Å². The smallest absolute Gasteiger partial charge is 0.343 e. The van der Waals surface area contributed by atoms with Crippen LogP contribution in [0.25, 0.3) is 0 Å². The zero-order chi connectivity index (χ0) is 23.3. The number of esters is 1. The Morgan fingerprint density at radius 2 is 1.55 bits per heavy atom. The highest BCUT2D eigenvalue weighted by atomic mass is 16.5. The minimum Gasteiger partial charge on any atom is -0.494 e. The highest BCUT2D eigenvalue weighted by Crippen LogP contribution is 2.34. The highest BCUT2D eigenvalue weighted by Gasteiger charge is 2.20. The molecule has 0 bridgehead atoms. The molecule has 1 aliphatic rings. The molecule has 0 atom stereocenters. The standard InChI is InChI=1S/C30H40O3/c1-3-5-6-7-23-32-28-21-17-27(18-22-28)30(31)33-29-19-15-26(16-20-29)14-13-25-11-9-24(8-4-2)10-12-25/h3,15-22,24-25H,1,4-14,23H2,2H3/t24-,25-. The van der Waals surface area contributed by atoms with Crippen LogP contribution in [0.15, 0.2) is 61.2 Å². The maximum absolute atomic E-state index is 12.5. The van der Waals surface area contributed by atoms with E-state index >= 15 is 0 Å². The van der Waals surface area contributed by atoms with Gasteiger partial charge in [0.1, 0.15) is 11.5 Å². The average molecular weight is 449 g/mol. The van der Waals surface area contributed by atoms with Gasteiger partial charge >= 0.3 is 5.97 Å². The SMILES string of the molecule is C=CCCCCOc1ccc(C(=O)Oc2ccc(CC[C@H]3CC[C@H](CCC)CC3)cc2)cc1.